The number of nitrogens with zero attached hydrogens (tertiary/aromatic N) is 4. The topological polar surface area (TPSA) is 77.0 Å². The van der Waals surface area contributed by atoms with Gasteiger partial charge in [-0.2, -0.15) is 4.98 Å². The van der Waals surface area contributed by atoms with Crippen molar-refractivity contribution in [3.8, 4) is 0 Å². The van der Waals surface area contributed by atoms with E-state index in [9.17, 15) is 4.79 Å². The summed E-state index contributed by atoms with van der Waals surface area (Å²) in [6.45, 7) is 1.89. The summed E-state index contributed by atoms with van der Waals surface area (Å²) in [7, 11) is 0. The number of halogens is 1. The molecule has 1 aromatic rings. The predicted octanol–water partition coefficient (Wildman–Crippen LogP) is 0.635. The molecule has 6 nitrogen and oxygen atoms in total. The highest BCUT2D eigenvalue weighted by Crippen LogP contribution is 2.12. The van der Waals surface area contributed by atoms with Gasteiger partial charge in [0.1, 0.15) is 6.54 Å². The number of nitrogen functional groups attached to an aromatic ring is 1. The molecule has 16 heavy (non-hydrogen) atoms. The Balaban J connectivity index is 1.98. The molecule has 0 aliphatic carbocycles. The molecular formula is C9H14BrN5O. The van der Waals surface area contributed by atoms with Crippen LogP contribution in [0, 0.1) is 0 Å². The van der Waals surface area contributed by atoms with Crippen molar-refractivity contribution in [3.05, 3.63) is 4.73 Å². The summed E-state index contributed by atoms with van der Waals surface area (Å²) in [5.74, 6) is 0.253. The second-order valence-electron chi connectivity index (χ2n) is 3.84. The van der Waals surface area contributed by atoms with E-state index in [0.717, 1.165) is 25.9 Å². The van der Waals surface area contributed by atoms with Crippen molar-refractivity contribution in [1.29, 1.82) is 0 Å². The SMILES string of the molecule is Nc1nc(Br)n(CC(=O)N2CCCCC2)n1. The Morgan fingerprint density at radius 3 is 2.62 bits per heavy atom. The van der Waals surface area contributed by atoms with Crippen LogP contribution in [0.4, 0.5) is 5.95 Å². The standard InChI is InChI=1S/C9H14BrN5O/c10-8-12-9(11)13-15(8)6-7(16)14-4-2-1-3-5-14/h1-6H2,(H2,11,13). The van der Waals surface area contributed by atoms with Gasteiger partial charge < -0.3 is 10.6 Å². The van der Waals surface area contributed by atoms with Gasteiger partial charge in [-0.05, 0) is 35.2 Å². The van der Waals surface area contributed by atoms with Crippen molar-refractivity contribution < 1.29 is 4.79 Å². The Bertz CT molecular complexity index is 385. The molecule has 2 heterocycles. The van der Waals surface area contributed by atoms with Crippen molar-refractivity contribution >= 4 is 27.8 Å². The molecule has 2 rings (SSSR count). The first-order chi connectivity index (χ1) is 7.66. The van der Waals surface area contributed by atoms with Crippen LogP contribution in [0.25, 0.3) is 0 Å². The van der Waals surface area contributed by atoms with E-state index in [1.165, 1.54) is 11.1 Å². The number of anilines is 1. The number of nitrogens with two attached hydrogens (primary N) is 1. The molecule has 2 N–H and O–H groups in total. The van der Waals surface area contributed by atoms with E-state index in [1.54, 1.807) is 0 Å². The lowest BCUT2D eigenvalue weighted by Gasteiger charge is -2.26. The number of hydrogen-bond acceptors (Lipinski definition) is 4. The lowest BCUT2D eigenvalue weighted by atomic mass is 10.1. The quantitative estimate of drug-likeness (QED) is 0.866. The summed E-state index contributed by atoms with van der Waals surface area (Å²) in [5.41, 5.74) is 5.44. The number of amides is 1. The van der Waals surface area contributed by atoms with Gasteiger partial charge in [-0.3, -0.25) is 4.79 Å². The minimum Gasteiger partial charge on any atom is -0.366 e. The van der Waals surface area contributed by atoms with Crippen LogP contribution >= 0.6 is 15.9 Å². The summed E-state index contributed by atoms with van der Waals surface area (Å²) >= 11 is 3.21. The first kappa shape index (κ1) is 11.4. The van der Waals surface area contributed by atoms with E-state index in [4.69, 9.17) is 5.73 Å². The van der Waals surface area contributed by atoms with Crippen molar-refractivity contribution in [1.82, 2.24) is 19.7 Å². The van der Waals surface area contributed by atoms with Gasteiger partial charge in [0.15, 0.2) is 4.73 Å². The summed E-state index contributed by atoms with van der Waals surface area (Å²) in [6.07, 6.45) is 3.39. The van der Waals surface area contributed by atoms with E-state index in [2.05, 4.69) is 26.0 Å². The molecule has 0 unspecified atom stereocenters. The van der Waals surface area contributed by atoms with Crippen molar-refractivity contribution in [3.63, 3.8) is 0 Å². The van der Waals surface area contributed by atoms with Gasteiger partial charge in [0, 0.05) is 13.1 Å². The van der Waals surface area contributed by atoms with Gasteiger partial charge in [0.2, 0.25) is 11.9 Å². The minimum absolute atomic E-state index is 0.0744. The maximum absolute atomic E-state index is 11.9. The van der Waals surface area contributed by atoms with Gasteiger partial charge in [-0.1, -0.05) is 0 Å². The summed E-state index contributed by atoms with van der Waals surface area (Å²) in [5, 5.41) is 3.93. The van der Waals surface area contributed by atoms with Crippen molar-refractivity contribution in [2.24, 2.45) is 0 Å². The summed E-state index contributed by atoms with van der Waals surface area (Å²) < 4.78 is 1.97. The number of hydrogen-bond donors (Lipinski definition) is 1. The van der Waals surface area contributed by atoms with Gasteiger partial charge in [0.05, 0.1) is 0 Å². The number of piperidine rings is 1. The predicted molar refractivity (Wildman–Crippen MR) is 62.6 cm³/mol. The van der Waals surface area contributed by atoms with E-state index in [1.807, 2.05) is 4.90 Å². The number of carbonyl (C=O) groups excluding carboxylic acids is 1. The van der Waals surface area contributed by atoms with E-state index >= 15 is 0 Å². The number of aromatic nitrogens is 3. The molecule has 1 aromatic heterocycles. The van der Waals surface area contributed by atoms with Gasteiger partial charge >= 0.3 is 0 Å². The monoisotopic (exact) mass is 287 g/mol. The lowest BCUT2D eigenvalue weighted by Crippen LogP contribution is -2.38. The Morgan fingerprint density at radius 1 is 1.38 bits per heavy atom. The van der Waals surface area contributed by atoms with Crippen LogP contribution in [0.1, 0.15) is 19.3 Å². The smallest absolute Gasteiger partial charge is 0.244 e. The fourth-order valence-electron chi connectivity index (χ4n) is 1.81. The fourth-order valence-corrected chi connectivity index (χ4v) is 2.20. The van der Waals surface area contributed by atoms with Crippen LogP contribution < -0.4 is 5.73 Å². The molecule has 1 aliphatic heterocycles. The molecule has 1 aliphatic rings. The maximum Gasteiger partial charge on any atom is 0.244 e. The van der Waals surface area contributed by atoms with Crippen LogP contribution in [-0.2, 0) is 11.3 Å². The Hall–Kier alpha value is -1.11. The average Bonchev–Trinajstić information content (AvgIpc) is 2.59. The molecule has 0 aromatic carbocycles. The Morgan fingerprint density at radius 2 is 2.06 bits per heavy atom. The molecule has 88 valence electrons. The molecule has 7 heteroatoms. The number of carbonyl (C=O) groups is 1. The minimum atomic E-state index is 0.0744. The molecule has 0 radical (unpaired) electrons. The molecule has 0 saturated carbocycles. The zero-order valence-corrected chi connectivity index (χ0v) is 10.5. The molecule has 0 atom stereocenters. The van der Waals surface area contributed by atoms with E-state index in [-0.39, 0.29) is 18.4 Å². The third kappa shape index (κ3) is 2.52. The second-order valence-corrected chi connectivity index (χ2v) is 4.55. The van der Waals surface area contributed by atoms with Crippen molar-refractivity contribution in [2.75, 3.05) is 18.8 Å². The van der Waals surface area contributed by atoms with Crippen LogP contribution in [0.5, 0.6) is 0 Å². The summed E-state index contributed by atoms with van der Waals surface area (Å²) in [6, 6.07) is 0. The third-order valence-corrected chi connectivity index (χ3v) is 3.22. The average molecular weight is 288 g/mol. The fraction of sp³-hybridized carbons (Fsp3) is 0.667. The highest BCUT2D eigenvalue weighted by Gasteiger charge is 2.18. The van der Waals surface area contributed by atoms with Crippen LogP contribution in [0.15, 0.2) is 4.73 Å². The highest BCUT2D eigenvalue weighted by molar-refractivity contribution is 9.10. The first-order valence-electron chi connectivity index (χ1n) is 5.30. The highest BCUT2D eigenvalue weighted by atomic mass is 79.9. The molecule has 0 spiro atoms. The zero-order chi connectivity index (χ0) is 11.5. The Labute approximate surface area is 102 Å². The maximum atomic E-state index is 11.9. The van der Waals surface area contributed by atoms with Crippen molar-refractivity contribution in [2.45, 2.75) is 25.8 Å². The number of rotatable bonds is 2. The largest absolute Gasteiger partial charge is 0.366 e. The van der Waals surface area contributed by atoms with Gasteiger partial charge in [-0.15, -0.1) is 5.10 Å². The van der Waals surface area contributed by atoms with E-state index < -0.39 is 0 Å². The first-order valence-corrected chi connectivity index (χ1v) is 6.10. The Kier molecular flexibility index (Phi) is 3.42. The van der Waals surface area contributed by atoms with E-state index in [0.29, 0.717) is 4.73 Å². The van der Waals surface area contributed by atoms with Crippen LogP contribution in [-0.4, -0.2) is 38.7 Å². The zero-order valence-electron chi connectivity index (χ0n) is 8.90. The van der Waals surface area contributed by atoms with Gasteiger partial charge in [0.25, 0.3) is 0 Å². The normalized spacial score (nSPS) is 16.4. The summed E-state index contributed by atoms with van der Waals surface area (Å²) in [4.78, 5) is 17.7. The van der Waals surface area contributed by atoms with Crippen LogP contribution in [0.2, 0.25) is 0 Å². The number of likely N-dealkylation sites (tertiary alicyclic amines) is 1. The van der Waals surface area contributed by atoms with Crippen LogP contribution in [0.3, 0.4) is 0 Å². The molecule has 1 saturated heterocycles. The molecular weight excluding hydrogens is 274 g/mol. The molecule has 1 amide bonds. The second kappa shape index (κ2) is 4.82. The lowest BCUT2D eigenvalue weighted by molar-refractivity contribution is -0.132. The molecule has 1 fully saturated rings. The third-order valence-electron chi connectivity index (χ3n) is 2.64. The molecule has 0 bridgehead atoms. The van der Waals surface area contributed by atoms with Gasteiger partial charge in [-0.25, -0.2) is 4.68 Å².